The van der Waals surface area contributed by atoms with E-state index in [4.69, 9.17) is 4.52 Å². The van der Waals surface area contributed by atoms with Gasteiger partial charge < -0.3 is 4.52 Å². The van der Waals surface area contributed by atoms with E-state index in [0.29, 0.717) is 6.61 Å². The molecular weight excluding hydrogens is 299 g/mol. The minimum absolute atomic E-state index is 0.0279. The summed E-state index contributed by atoms with van der Waals surface area (Å²) in [5.74, 6) is 0. The Morgan fingerprint density at radius 1 is 1.00 bits per heavy atom. The Hall–Kier alpha value is -1.02. The van der Waals surface area contributed by atoms with E-state index in [2.05, 4.69) is 24.3 Å². The van der Waals surface area contributed by atoms with Gasteiger partial charge in [-0.2, -0.15) is 0 Å². The topological polar surface area (TPSA) is 26.3 Å². The molecular formula is C17H21O2PS. The van der Waals surface area contributed by atoms with E-state index in [-0.39, 0.29) is 5.25 Å². The van der Waals surface area contributed by atoms with E-state index < -0.39 is 6.57 Å². The van der Waals surface area contributed by atoms with E-state index in [9.17, 15) is 4.57 Å². The third kappa shape index (κ3) is 5.03. The van der Waals surface area contributed by atoms with Gasteiger partial charge in [-0.3, -0.25) is 4.57 Å². The zero-order valence-electron chi connectivity index (χ0n) is 12.4. The lowest BCUT2D eigenvalue weighted by molar-refractivity contribution is 0.328. The van der Waals surface area contributed by atoms with E-state index in [1.807, 2.05) is 43.3 Å². The molecule has 1 unspecified atom stereocenters. The van der Waals surface area contributed by atoms with Crippen LogP contribution in [-0.4, -0.2) is 13.3 Å². The standard InChI is InChI=1S/C17H21O2PS/c1-3-14-19-20(2,18)21-17(15-10-6-4-7-11-15)16-12-8-5-9-13-16/h4-13,17H,3,14H2,1-2H3. The van der Waals surface area contributed by atoms with Crippen LogP contribution in [0.1, 0.15) is 29.7 Å². The Labute approximate surface area is 131 Å². The second kappa shape index (κ2) is 7.84. The van der Waals surface area contributed by atoms with Gasteiger partial charge in [-0.1, -0.05) is 79.0 Å². The summed E-state index contributed by atoms with van der Waals surface area (Å²) in [5, 5.41) is 0.0279. The van der Waals surface area contributed by atoms with Crippen LogP contribution in [0.3, 0.4) is 0 Å². The van der Waals surface area contributed by atoms with Crippen molar-refractivity contribution in [1.29, 1.82) is 0 Å². The first-order valence-electron chi connectivity index (χ1n) is 7.13. The highest BCUT2D eigenvalue weighted by Crippen LogP contribution is 2.63. The highest BCUT2D eigenvalue weighted by molar-refractivity contribution is 8.56. The number of hydrogen-bond acceptors (Lipinski definition) is 3. The summed E-state index contributed by atoms with van der Waals surface area (Å²) in [6.45, 7) is 1.60. The molecule has 0 amide bonds. The zero-order valence-corrected chi connectivity index (χ0v) is 14.1. The van der Waals surface area contributed by atoms with Crippen LogP contribution in [-0.2, 0) is 9.09 Å². The van der Waals surface area contributed by atoms with E-state index in [1.54, 1.807) is 6.66 Å². The molecule has 0 bridgehead atoms. The fourth-order valence-electron chi connectivity index (χ4n) is 2.05. The fourth-order valence-corrected chi connectivity index (χ4v) is 5.85. The van der Waals surface area contributed by atoms with Gasteiger partial charge in [0, 0.05) is 6.66 Å². The van der Waals surface area contributed by atoms with Gasteiger partial charge in [-0.25, -0.2) is 0 Å². The van der Waals surface area contributed by atoms with Gasteiger partial charge in [0.25, 0.3) is 6.57 Å². The van der Waals surface area contributed by atoms with Crippen molar-refractivity contribution >= 4 is 18.0 Å². The molecule has 0 saturated heterocycles. The van der Waals surface area contributed by atoms with E-state index in [0.717, 1.165) is 17.5 Å². The van der Waals surface area contributed by atoms with Crippen LogP contribution >= 0.6 is 18.0 Å². The summed E-state index contributed by atoms with van der Waals surface area (Å²) in [7, 11) is 0. The molecule has 2 nitrogen and oxygen atoms in total. The van der Waals surface area contributed by atoms with Gasteiger partial charge in [-0.15, -0.1) is 0 Å². The largest absolute Gasteiger partial charge is 0.321 e. The minimum atomic E-state index is -2.68. The van der Waals surface area contributed by atoms with Crippen molar-refractivity contribution in [3.05, 3.63) is 71.8 Å². The summed E-state index contributed by atoms with van der Waals surface area (Å²) in [6, 6.07) is 20.3. The summed E-state index contributed by atoms with van der Waals surface area (Å²) >= 11 is 1.43. The quantitative estimate of drug-likeness (QED) is 0.607. The Kier molecular flexibility index (Phi) is 6.10. The van der Waals surface area contributed by atoms with Gasteiger partial charge in [0.2, 0.25) is 0 Å². The molecule has 0 fully saturated rings. The van der Waals surface area contributed by atoms with Crippen LogP contribution < -0.4 is 0 Å². The third-order valence-electron chi connectivity index (χ3n) is 3.03. The summed E-state index contributed by atoms with van der Waals surface area (Å²) < 4.78 is 18.2. The van der Waals surface area contributed by atoms with Crippen molar-refractivity contribution < 1.29 is 9.09 Å². The molecule has 0 aromatic heterocycles. The van der Waals surface area contributed by atoms with Crippen LogP contribution in [0.5, 0.6) is 0 Å². The van der Waals surface area contributed by atoms with Gasteiger partial charge in [0.1, 0.15) is 0 Å². The summed E-state index contributed by atoms with van der Waals surface area (Å²) in [4.78, 5) is 0. The number of hydrogen-bond donors (Lipinski definition) is 0. The number of benzene rings is 2. The number of rotatable bonds is 7. The predicted molar refractivity (Wildman–Crippen MR) is 92.1 cm³/mol. The summed E-state index contributed by atoms with van der Waals surface area (Å²) in [6.07, 6.45) is 0.875. The maximum Gasteiger partial charge on any atom is 0.255 e. The average molecular weight is 320 g/mol. The van der Waals surface area contributed by atoms with Crippen molar-refractivity contribution in [1.82, 2.24) is 0 Å². The second-order valence-electron chi connectivity index (χ2n) is 4.91. The molecule has 2 aromatic carbocycles. The lowest BCUT2D eigenvalue weighted by Gasteiger charge is -2.21. The fraction of sp³-hybridized carbons (Fsp3) is 0.294. The van der Waals surface area contributed by atoms with Crippen molar-refractivity contribution in [3.8, 4) is 0 Å². The SMILES string of the molecule is CCCOP(C)(=O)SC(c1ccccc1)c1ccccc1. The maximum absolute atomic E-state index is 12.7. The Morgan fingerprint density at radius 2 is 1.48 bits per heavy atom. The highest BCUT2D eigenvalue weighted by Gasteiger charge is 2.25. The first-order valence-corrected chi connectivity index (χ1v) is 10.7. The average Bonchev–Trinajstić information content (AvgIpc) is 2.52. The molecule has 1 atom stereocenters. The molecule has 0 aliphatic rings. The minimum Gasteiger partial charge on any atom is -0.321 e. The highest BCUT2D eigenvalue weighted by atomic mass is 32.7. The lowest BCUT2D eigenvalue weighted by Crippen LogP contribution is -1.98. The molecule has 0 spiro atoms. The first-order chi connectivity index (χ1) is 10.1. The lowest BCUT2D eigenvalue weighted by atomic mass is 10.0. The first kappa shape index (κ1) is 16.4. The van der Waals surface area contributed by atoms with E-state index >= 15 is 0 Å². The third-order valence-corrected chi connectivity index (χ3v) is 6.92. The van der Waals surface area contributed by atoms with Gasteiger partial charge in [0.15, 0.2) is 0 Å². The van der Waals surface area contributed by atoms with Crippen LogP contribution in [0.4, 0.5) is 0 Å². The molecule has 0 heterocycles. The molecule has 4 heteroatoms. The Balaban J connectivity index is 2.27. The maximum atomic E-state index is 12.7. The monoisotopic (exact) mass is 320 g/mol. The van der Waals surface area contributed by atoms with Crippen LogP contribution in [0.2, 0.25) is 0 Å². The molecule has 0 saturated carbocycles. The van der Waals surface area contributed by atoms with Crippen molar-refractivity contribution in [3.63, 3.8) is 0 Å². The molecule has 21 heavy (non-hydrogen) atoms. The molecule has 112 valence electrons. The Morgan fingerprint density at radius 3 is 1.90 bits per heavy atom. The van der Waals surface area contributed by atoms with Crippen molar-refractivity contribution in [2.24, 2.45) is 0 Å². The van der Waals surface area contributed by atoms with Crippen LogP contribution in [0.15, 0.2) is 60.7 Å². The zero-order chi connectivity index (χ0) is 15.1. The van der Waals surface area contributed by atoms with Crippen LogP contribution in [0, 0.1) is 0 Å². The van der Waals surface area contributed by atoms with Gasteiger partial charge in [-0.05, 0) is 17.5 Å². The summed E-state index contributed by atoms with van der Waals surface area (Å²) in [5.41, 5.74) is 2.30. The Bertz CT molecular complexity index is 547. The normalized spacial score (nSPS) is 14.0. The van der Waals surface area contributed by atoms with Crippen molar-refractivity contribution in [2.75, 3.05) is 13.3 Å². The van der Waals surface area contributed by atoms with Gasteiger partial charge in [0.05, 0.1) is 11.9 Å². The van der Waals surface area contributed by atoms with Gasteiger partial charge >= 0.3 is 0 Å². The molecule has 2 rings (SSSR count). The molecule has 0 aliphatic carbocycles. The second-order valence-corrected chi connectivity index (χ2v) is 10.0. The van der Waals surface area contributed by atoms with E-state index in [1.165, 1.54) is 11.4 Å². The van der Waals surface area contributed by atoms with Crippen molar-refractivity contribution in [2.45, 2.75) is 18.6 Å². The smallest absolute Gasteiger partial charge is 0.255 e. The predicted octanol–water partition coefficient (Wildman–Crippen LogP) is 5.76. The molecule has 2 aromatic rings. The van der Waals surface area contributed by atoms with Crippen LogP contribution in [0.25, 0.3) is 0 Å². The molecule has 0 aliphatic heterocycles. The molecule has 0 N–H and O–H groups in total. The molecule has 0 radical (unpaired) electrons.